The number of nitrogens with one attached hydrogen (secondary N) is 1. The SMILES string of the molecule is CS(=O)(=O)c1ccc(C2CCCN2)cc1S(C)(=O)=O. The summed E-state index contributed by atoms with van der Waals surface area (Å²) in [6, 6.07) is 4.66. The molecule has 1 aliphatic heterocycles. The van der Waals surface area contributed by atoms with Gasteiger partial charge in [-0.3, -0.25) is 0 Å². The van der Waals surface area contributed by atoms with Gasteiger partial charge < -0.3 is 5.32 Å². The van der Waals surface area contributed by atoms with Crippen LogP contribution in [0.1, 0.15) is 24.4 Å². The summed E-state index contributed by atoms with van der Waals surface area (Å²) in [6.07, 6.45) is 4.02. The molecule has 19 heavy (non-hydrogen) atoms. The normalized spacial score (nSPS) is 20.6. The van der Waals surface area contributed by atoms with Crippen molar-refractivity contribution in [1.29, 1.82) is 0 Å². The van der Waals surface area contributed by atoms with Crippen LogP contribution >= 0.6 is 0 Å². The zero-order valence-electron chi connectivity index (χ0n) is 10.9. The third-order valence-corrected chi connectivity index (χ3v) is 5.65. The van der Waals surface area contributed by atoms with Crippen LogP contribution in [-0.4, -0.2) is 35.9 Å². The average molecular weight is 303 g/mol. The van der Waals surface area contributed by atoms with Gasteiger partial charge in [0.15, 0.2) is 19.7 Å². The summed E-state index contributed by atoms with van der Waals surface area (Å²) in [5.74, 6) is 0. The molecule has 0 spiro atoms. The van der Waals surface area contributed by atoms with E-state index in [1.807, 2.05) is 0 Å². The van der Waals surface area contributed by atoms with Gasteiger partial charge in [0.25, 0.3) is 0 Å². The summed E-state index contributed by atoms with van der Waals surface area (Å²) < 4.78 is 46.9. The maximum atomic E-state index is 11.8. The van der Waals surface area contributed by atoms with E-state index in [-0.39, 0.29) is 15.8 Å². The smallest absolute Gasteiger partial charge is 0.176 e. The Morgan fingerprint density at radius 3 is 2.16 bits per heavy atom. The van der Waals surface area contributed by atoms with Crippen molar-refractivity contribution in [2.24, 2.45) is 0 Å². The minimum absolute atomic E-state index is 0.106. The van der Waals surface area contributed by atoms with E-state index in [2.05, 4.69) is 5.32 Å². The molecule has 1 aromatic carbocycles. The molecule has 7 heteroatoms. The van der Waals surface area contributed by atoms with Crippen LogP contribution in [0.5, 0.6) is 0 Å². The molecule has 0 saturated carbocycles. The van der Waals surface area contributed by atoms with E-state index in [0.717, 1.165) is 37.5 Å². The molecule has 1 aliphatic rings. The minimum Gasteiger partial charge on any atom is -0.310 e. The third-order valence-electron chi connectivity index (χ3n) is 3.23. The van der Waals surface area contributed by atoms with Gasteiger partial charge in [0, 0.05) is 18.6 Å². The minimum atomic E-state index is -3.58. The van der Waals surface area contributed by atoms with Crippen LogP contribution in [0.3, 0.4) is 0 Å². The highest BCUT2D eigenvalue weighted by molar-refractivity contribution is 7.93. The number of sulfone groups is 2. The summed E-state index contributed by atoms with van der Waals surface area (Å²) in [5.41, 5.74) is 0.824. The predicted molar refractivity (Wildman–Crippen MR) is 72.6 cm³/mol. The summed E-state index contributed by atoms with van der Waals surface area (Å²) in [5, 5.41) is 3.27. The summed E-state index contributed by atoms with van der Waals surface area (Å²) >= 11 is 0. The van der Waals surface area contributed by atoms with E-state index in [1.54, 1.807) is 6.07 Å². The van der Waals surface area contributed by atoms with Crippen LogP contribution in [0.15, 0.2) is 28.0 Å². The lowest BCUT2D eigenvalue weighted by Gasteiger charge is -2.14. The Bertz CT molecular complexity index is 686. The maximum absolute atomic E-state index is 11.8. The molecule has 0 amide bonds. The van der Waals surface area contributed by atoms with Crippen LogP contribution in [0, 0.1) is 0 Å². The molecule has 5 nitrogen and oxygen atoms in total. The molecule has 1 fully saturated rings. The molecule has 0 bridgehead atoms. The van der Waals surface area contributed by atoms with Gasteiger partial charge in [0.1, 0.15) is 0 Å². The van der Waals surface area contributed by atoms with Gasteiger partial charge in [-0.2, -0.15) is 0 Å². The van der Waals surface area contributed by atoms with E-state index in [9.17, 15) is 16.8 Å². The lowest BCUT2D eigenvalue weighted by atomic mass is 10.1. The van der Waals surface area contributed by atoms with Gasteiger partial charge in [0.2, 0.25) is 0 Å². The topological polar surface area (TPSA) is 80.3 Å². The van der Waals surface area contributed by atoms with Gasteiger partial charge in [0.05, 0.1) is 9.79 Å². The number of rotatable bonds is 3. The van der Waals surface area contributed by atoms with Gasteiger partial charge in [-0.05, 0) is 37.1 Å². The predicted octanol–water partition coefficient (Wildman–Crippen LogP) is 0.918. The standard InChI is InChI=1S/C12H17NO4S2/c1-18(14,15)11-6-5-9(10-4-3-7-13-10)8-12(11)19(2,16)17/h5-6,8,10,13H,3-4,7H2,1-2H3. The van der Waals surface area contributed by atoms with Gasteiger partial charge in [-0.15, -0.1) is 0 Å². The van der Waals surface area contributed by atoms with Crippen LogP contribution in [-0.2, 0) is 19.7 Å². The molecular weight excluding hydrogens is 286 g/mol. The second kappa shape index (κ2) is 4.88. The highest BCUT2D eigenvalue weighted by Crippen LogP contribution is 2.28. The Morgan fingerprint density at radius 1 is 1.05 bits per heavy atom. The summed E-state index contributed by atoms with van der Waals surface area (Å²) in [6.45, 7) is 0.896. The largest absolute Gasteiger partial charge is 0.310 e. The quantitative estimate of drug-likeness (QED) is 0.898. The van der Waals surface area contributed by atoms with Crippen LogP contribution in [0.25, 0.3) is 0 Å². The molecule has 0 aromatic heterocycles. The van der Waals surface area contributed by atoms with Crippen molar-refractivity contribution in [2.75, 3.05) is 19.1 Å². The molecule has 1 unspecified atom stereocenters. The van der Waals surface area contributed by atoms with Crippen molar-refractivity contribution in [3.05, 3.63) is 23.8 Å². The van der Waals surface area contributed by atoms with Crippen molar-refractivity contribution in [2.45, 2.75) is 28.7 Å². The molecular formula is C12H17NO4S2. The molecule has 1 N–H and O–H groups in total. The average Bonchev–Trinajstić information content (AvgIpc) is 2.79. The van der Waals surface area contributed by atoms with Crippen LogP contribution < -0.4 is 5.32 Å². The Labute approximate surface area is 113 Å². The van der Waals surface area contributed by atoms with Crippen LogP contribution in [0.4, 0.5) is 0 Å². The number of benzene rings is 1. The highest BCUT2D eigenvalue weighted by atomic mass is 32.2. The Kier molecular flexibility index (Phi) is 3.72. The highest BCUT2D eigenvalue weighted by Gasteiger charge is 2.24. The zero-order chi connectivity index (χ0) is 14.3. The maximum Gasteiger partial charge on any atom is 0.176 e. The first-order valence-electron chi connectivity index (χ1n) is 5.97. The van der Waals surface area contributed by atoms with Crippen molar-refractivity contribution in [3.63, 3.8) is 0 Å². The van der Waals surface area contributed by atoms with E-state index in [1.165, 1.54) is 12.1 Å². The van der Waals surface area contributed by atoms with Crippen molar-refractivity contribution in [1.82, 2.24) is 5.32 Å². The number of hydrogen-bond donors (Lipinski definition) is 1. The lowest BCUT2D eigenvalue weighted by molar-refractivity contribution is 0.587. The fraction of sp³-hybridized carbons (Fsp3) is 0.500. The molecule has 1 saturated heterocycles. The van der Waals surface area contributed by atoms with E-state index in [0.29, 0.717) is 0 Å². The van der Waals surface area contributed by atoms with Crippen molar-refractivity contribution in [3.8, 4) is 0 Å². The molecule has 106 valence electrons. The monoisotopic (exact) mass is 303 g/mol. The summed E-state index contributed by atoms with van der Waals surface area (Å²) in [7, 11) is -7.13. The Morgan fingerprint density at radius 2 is 1.68 bits per heavy atom. The molecule has 1 atom stereocenters. The van der Waals surface area contributed by atoms with E-state index >= 15 is 0 Å². The van der Waals surface area contributed by atoms with E-state index in [4.69, 9.17) is 0 Å². The fourth-order valence-electron chi connectivity index (χ4n) is 2.31. The second-order valence-corrected chi connectivity index (χ2v) is 8.87. The zero-order valence-corrected chi connectivity index (χ0v) is 12.5. The molecule has 2 rings (SSSR count). The molecule has 1 heterocycles. The Hall–Kier alpha value is -0.920. The van der Waals surface area contributed by atoms with Crippen molar-refractivity contribution < 1.29 is 16.8 Å². The molecule has 0 radical (unpaired) electrons. The second-order valence-electron chi connectivity index (χ2n) is 4.90. The lowest BCUT2D eigenvalue weighted by Crippen LogP contribution is -2.15. The van der Waals surface area contributed by atoms with Gasteiger partial charge in [-0.25, -0.2) is 16.8 Å². The first-order chi connectivity index (χ1) is 8.69. The van der Waals surface area contributed by atoms with Crippen LogP contribution in [0.2, 0.25) is 0 Å². The molecule has 1 aromatic rings. The third kappa shape index (κ3) is 3.16. The first-order valence-corrected chi connectivity index (χ1v) is 9.75. The summed E-state index contributed by atoms with van der Waals surface area (Å²) in [4.78, 5) is -0.238. The fourth-order valence-corrected chi connectivity index (χ4v) is 4.74. The Balaban J connectivity index is 2.60. The van der Waals surface area contributed by atoms with Crippen molar-refractivity contribution >= 4 is 19.7 Å². The van der Waals surface area contributed by atoms with Gasteiger partial charge >= 0.3 is 0 Å². The van der Waals surface area contributed by atoms with Gasteiger partial charge in [-0.1, -0.05) is 6.07 Å². The molecule has 0 aliphatic carbocycles. The van der Waals surface area contributed by atoms with E-state index < -0.39 is 19.7 Å². The first kappa shape index (κ1) is 14.5. The number of hydrogen-bond acceptors (Lipinski definition) is 5.